The molecule has 11 nitrogen and oxygen atoms in total. The molecular formula is C13H17N4O7P. The number of aromatic nitrogens is 3. The van der Waals surface area contributed by atoms with Gasteiger partial charge >= 0.3 is 7.82 Å². The number of hydrogen-bond acceptors (Lipinski definition) is 8. The second kappa shape index (κ2) is 6.29. The van der Waals surface area contributed by atoms with Gasteiger partial charge in [0.15, 0.2) is 5.82 Å². The molecule has 0 saturated carbocycles. The molecule has 4 N–H and O–H groups in total. The van der Waals surface area contributed by atoms with Gasteiger partial charge in [-0.25, -0.2) is 20.0 Å². The van der Waals surface area contributed by atoms with Crippen molar-refractivity contribution in [3.05, 3.63) is 18.1 Å². The van der Waals surface area contributed by atoms with E-state index in [0.29, 0.717) is 24.5 Å². The van der Waals surface area contributed by atoms with Crippen LogP contribution in [0.5, 0.6) is 0 Å². The highest BCUT2D eigenvalue weighted by atomic mass is 31.2. The minimum atomic E-state index is -4.62. The standard InChI is InChI=1S/C13H17N4O7P/c18-8-3-10(24-9(8)5-23-25(19,20)21)17-4-7-1-2-22-16-12-11(7)13(17)15-6-14-12/h4,6,8-10,18H,1-3,5H2,(H,14,15,16)(H2,19,20,21)/t8-,9+,10+/m0/s1. The fourth-order valence-corrected chi connectivity index (χ4v) is 3.48. The minimum Gasteiger partial charge on any atom is -0.390 e. The third-order valence-electron chi connectivity index (χ3n) is 4.25. The molecule has 0 unspecified atom stereocenters. The molecule has 0 radical (unpaired) electrons. The van der Waals surface area contributed by atoms with Crippen LogP contribution in [0.4, 0.5) is 5.82 Å². The number of phosphoric ester groups is 1. The van der Waals surface area contributed by atoms with E-state index in [1.54, 1.807) is 4.57 Å². The van der Waals surface area contributed by atoms with Gasteiger partial charge in [-0.15, -0.1) is 0 Å². The molecule has 0 amide bonds. The predicted octanol–water partition coefficient (Wildman–Crippen LogP) is 0.0886. The number of nitrogens with one attached hydrogen (secondary N) is 1. The number of aliphatic hydroxyl groups is 1. The van der Waals surface area contributed by atoms with Crippen molar-refractivity contribution in [2.24, 2.45) is 0 Å². The fourth-order valence-electron chi connectivity index (χ4n) is 3.13. The van der Waals surface area contributed by atoms with Crippen molar-refractivity contribution in [2.75, 3.05) is 18.7 Å². The third kappa shape index (κ3) is 3.27. The van der Waals surface area contributed by atoms with Crippen molar-refractivity contribution in [2.45, 2.75) is 31.3 Å². The first-order valence-electron chi connectivity index (χ1n) is 7.68. The number of nitrogens with zero attached hydrogens (tertiary/aromatic N) is 3. The van der Waals surface area contributed by atoms with Crippen LogP contribution in [0.1, 0.15) is 18.2 Å². The van der Waals surface area contributed by atoms with Crippen molar-refractivity contribution in [1.82, 2.24) is 14.5 Å². The molecule has 3 atom stereocenters. The fraction of sp³-hybridized carbons (Fsp3) is 0.538. The average Bonchev–Trinajstić information content (AvgIpc) is 3.02. The van der Waals surface area contributed by atoms with E-state index in [9.17, 15) is 9.67 Å². The van der Waals surface area contributed by atoms with E-state index in [4.69, 9.17) is 19.4 Å². The minimum absolute atomic E-state index is 0.252. The van der Waals surface area contributed by atoms with Gasteiger partial charge in [-0.3, -0.25) is 9.36 Å². The smallest absolute Gasteiger partial charge is 0.390 e. The Hall–Kier alpha value is -1.59. The summed E-state index contributed by atoms with van der Waals surface area (Å²) in [6.07, 6.45) is 1.92. The van der Waals surface area contributed by atoms with Crippen LogP contribution in [0.3, 0.4) is 0 Å². The molecule has 25 heavy (non-hydrogen) atoms. The zero-order valence-corrected chi connectivity index (χ0v) is 13.9. The summed E-state index contributed by atoms with van der Waals surface area (Å²) in [6.45, 7) is 0.0754. The second-order valence-corrected chi connectivity index (χ2v) is 7.14. The van der Waals surface area contributed by atoms with Crippen LogP contribution in [-0.4, -0.2) is 54.9 Å². The van der Waals surface area contributed by atoms with Gasteiger partial charge in [0.1, 0.15) is 24.3 Å². The van der Waals surface area contributed by atoms with Gasteiger partial charge in [-0.05, 0) is 5.56 Å². The Morgan fingerprint density at radius 1 is 1.44 bits per heavy atom. The third-order valence-corrected chi connectivity index (χ3v) is 4.74. The molecule has 12 heteroatoms. The summed E-state index contributed by atoms with van der Waals surface area (Å²) < 4.78 is 22.8. The van der Waals surface area contributed by atoms with Gasteiger partial charge in [-0.1, -0.05) is 0 Å². The van der Waals surface area contributed by atoms with Crippen LogP contribution in [0.2, 0.25) is 0 Å². The number of aliphatic hydroxyl groups excluding tert-OH is 1. The molecule has 4 rings (SSSR count). The molecule has 136 valence electrons. The summed E-state index contributed by atoms with van der Waals surface area (Å²) in [4.78, 5) is 31.3. The van der Waals surface area contributed by atoms with Gasteiger partial charge in [0.05, 0.1) is 24.7 Å². The zero-order chi connectivity index (χ0) is 17.6. The molecule has 0 aromatic carbocycles. The Morgan fingerprint density at radius 2 is 2.28 bits per heavy atom. The Bertz CT molecular complexity index is 837. The number of phosphoric acid groups is 1. The Morgan fingerprint density at radius 3 is 3.08 bits per heavy atom. The lowest BCUT2D eigenvalue weighted by Crippen LogP contribution is -2.25. The first-order valence-corrected chi connectivity index (χ1v) is 9.21. The van der Waals surface area contributed by atoms with Crippen molar-refractivity contribution in [3.63, 3.8) is 0 Å². The van der Waals surface area contributed by atoms with E-state index in [1.165, 1.54) is 6.33 Å². The van der Waals surface area contributed by atoms with Crippen LogP contribution in [0.15, 0.2) is 12.5 Å². The number of rotatable bonds is 4. The zero-order valence-electron chi connectivity index (χ0n) is 13.0. The molecule has 1 fully saturated rings. The summed E-state index contributed by atoms with van der Waals surface area (Å²) in [6, 6.07) is 0. The maximum absolute atomic E-state index is 10.8. The maximum Gasteiger partial charge on any atom is 0.469 e. The first kappa shape index (κ1) is 16.9. The normalized spacial score (nSPS) is 26.6. The highest BCUT2D eigenvalue weighted by Gasteiger charge is 2.37. The summed E-state index contributed by atoms with van der Waals surface area (Å²) in [5.41, 5.74) is 4.41. The van der Waals surface area contributed by atoms with E-state index in [1.807, 2.05) is 6.20 Å². The van der Waals surface area contributed by atoms with Crippen LogP contribution in [0.25, 0.3) is 11.0 Å². The monoisotopic (exact) mass is 372 g/mol. The molecule has 0 spiro atoms. The summed E-state index contributed by atoms with van der Waals surface area (Å²) in [5.74, 6) is 0.566. The summed E-state index contributed by atoms with van der Waals surface area (Å²) >= 11 is 0. The second-order valence-electron chi connectivity index (χ2n) is 5.90. The van der Waals surface area contributed by atoms with Crippen molar-refractivity contribution in [1.29, 1.82) is 0 Å². The van der Waals surface area contributed by atoms with Crippen molar-refractivity contribution >= 4 is 24.7 Å². The van der Waals surface area contributed by atoms with E-state index in [-0.39, 0.29) is 6.42 Å². The lowest BCUT2D eigenvalue weighted by Gasteiger charge is -2.16. The molecule has 2 aromatic heterocycles. The predicted molar refractivity (Wildman–Crippen MR) is 83.3 cm³/mol. The Labute approximate surface area is 141 Å². The average molecular weight is 372 g/mol. The van der Waals surface area contributed by atoms with Gasteiger partial charge in [-0.2, -0.15) is 0 Å². The van der Waals surface area contributed by atoms with Crippen LogP contribution in [0, 0.1) is 0 Å². The van der Waals surface area contributed by atoms with Crippen molar-refractivity contribution in [3.8, 4) is 0 Å². The van der Waals surface area contributed by atoms with E-state index in [0.717, 1.165) is 10.9 Å². The molecule has 2 aliphatic rings. The van der Waals surface area contributed by atoms with E-state index >= 15 is 0 Å². The van der Waals surface area contributed by atoms with Crippen molar-refractivity contribution < 1.29 is 33.6 Å². The quantitative estimate of drug-likeness (QED) is 0.544. The topological polar surface area (TPSA) is 148 Å². The molecular weight excluding hydrogens is 355 g/mol. The SMILES string of the molecule is O=P(O)(O)OC[C@H]1O[C@@H](n2cc3c4c(ncnc42)NOCC3)C[C@@H]1O. The number of anilines is 1. The lowest BCUT2D eigenvalue weighted by molar-refractivity contribution is -0.0423. The molecule has 1 saturated heterocycles. The largest absolute Gasteiger partial charge is 0.469 e. The number of hydrogen-bond donors (Lipinski definition) is 4. The van der Waals surface area contributed by atoms with Gasteiger partial charge < -0.3 is 24.2 Å². The number of ether oxygens (including phenoxy) is 1. The summed E-state index contributed by atoms with van der Waals surface area (Å²) in [7, 11) is -4.62. The molecule has 0 bridgehead atoms. The molecule has 4 heterocycles. The maximum atomic E-state index is 10.8. The summed E-state index contributed by atoms with van der Waals surface area (Å²) in [5, 5.41) is 11.0. The van der Waals surface area contributed by atoms with Gasteiger partial charge in [0.25, 0.3) is 0 Å². The van der Waals surface area contributed by atoms with E-state index in [2.05, 4.69) is 20.0 Å². The Kier molecular flexibility index (Phi) is 4.24. The van der Waals surface area contributed by atoms with E-state index < -0.39 is 32.9 Å². The van der Waals surface area contributed by atoms with Gasteiger partial charge in [0, 0.05) is 19.0 Å². The molecule has 2 aromatic rings. The molecule has 2 aliphatic heterocycles. The highest BCUT2D eigenvalue weighted by molar-refractivity contribution is 7.46. The first-order chi connectivity index (χ1) is 11.9. The Balaban J connectivity index is 1.62. The lowest BCUT2D eigenvalue weighted by atomic mass is 10.2. The molecule has 0 aliphatic carbocycles. The highest BCUT2D eigenvalue weighted by Crippen LogP contribution is 2.39. The van der Waals surface area contributed by atoms with Crippen LogP contribution in [-0.2, 0) is 25.1 Å². The van der Waals surface area contributed by atoms with Crippen LogP contribution < -0.4 is 5.48 Å². The van der Waals surface area contributed by atoms with Crippen LogP contribution >= 0.6 is 7.82 Å². The van der Waals surface area contributed by atoms with Gasteiger partial charge in [0.2, 0.25) is 0 Å².